The molecule has 3 N–H and O–H groups in total. The maximum Gasteiger partial charge on any atom is 0.0213 e. The van der Waals surface area contributed by atoms with Crippen LogP contribution in [0.15, 0.2) is 12.2 Å². The highest BCUT2D eigenvalue weighted by Gasteiger charge is 2.05. The van der Waals surface area contributed by atoms with Crippen molar-refractivity contribution in [3.8, 4) is 0 Å². The van der Waals surface area contributed by atoms with Crippen molar-refractivity contribution in [1.29, 1.82) is 0 Å². The summed E-state index contributed by atoms with van der Waals surface area (Å²) in [5, 5.41) is 0. The van der Waals surface area contributed by atoms with Crippen LogP contribution in [0.5, 0.6) is 0 Å². The Labute approximate surface area is 82.6 Å². The average molecular weight is 184 g/mol. The molecular formula is C11H24N2. The van der Waals surface area contributed by atoms with Crippen molar-refractivity contribution in [3.63, 3.8) is 0 Å². The molecule has 0 heterocycles. The molecule has 78 valence electrons. The summed E-state index contributed by atoms with van der Waals surface area (Å²) in [6.07, 6.45) is 7.26. The highest BCUT2D eigenvalue weighted by atomic mass is 15.2. The van der Waals surface area contributed by atoms with Crippen molar-refractivity contribution in [3.05, 3.63) is 12.2 Å². The molecule has 0 aromatic carbocycles. The van der Waals surface area contributed by atoms with Crippen molar-refractivity contribution in [1.82, 2.24) is 5.43 Å². The highest BCUT2D eigenvalue weighted by molar-refractivity contribution is 4.88. The van der Waals surface area contributed by atoms with E-state index in [-0.39, 0.29) is 0 Å². The van der Waals surface area contributed by atoms with Gasteiger partial charge in [0.1, 0.15) is 0 Å². The van der Waals surface area contributed by atoms with Crippen LogP contribution in [0.25, 0.3) is 0 Å². The van der Waals surface area contributed by atoms with E-state index in [4.69, 9.17) is 5.84 Å². The first-order valence-electron chi connectivity index (χ1n) is 5.31. The van der Waals surface area contributed by atoms with Gasteiger partial charge >= 0.3 is 0 Å². The quantitative estimate of drug-likeness (QED) is 0.263. The van der Waals surface area contributed by atoms with Crippen molar-refractivity contribution >= 4 is 0 Å². The van der Waals surface area contributed by atoms with Crippen LogP contribution in [0.3, 0.4) is 0 Å². The molecule has 0 radical (unpaired) electrons. The molecule has 0 aromatic heterocycles. The molecule has 0 spiro atoms. The summed E-state index contributed by atoms with van der Waals surface area (Å²) >= 11 is 0. The Hall–Kier alpha value is -0.340. The van der Waals surface area contributed by atoms with Gasteiger partial charge in [-0.3, -0.25) is 11.3 Å². The van der Waals surface area contributed by atoms with Crippen molar-refractivity contribution in [2.75, 3.05) is 0 Å². The molecule has 1 atom stereocenters. The molecule has 13 heavy (non-hydrogen) atoms. The molecule has 0 aromatic rings. The fourth-order valence-electron chi connectivity index (χ4n) is 1.37. The van der Waals surface area contributed by atoms with E-state index in [1.165, 1.54) is 31.3 Å². The monoisotopic (exact) mass is 184 g/mol. The molecule has 0 rings (SSSR count). The number of unbranched alkanes of at least 4 members (excludes halogenated alkanes) is 2. The minimum Gasteiger partial charge on any atom is -0.271 e. The number of rotatable bonds is 8. The van der Waals surface area contributed by atoms with Gasteiger partial charge in [0.2, 0.25) is 0 Å². The number of nitrogens with two attached hydrogens (primary N) is 1. The molecule has 0 amide bonds. The van der Waals surface area contributed by atoms with E-state index in [2.05, 4.69) is 25.9 Å². The maximum atomic E-state index is 5.46. The molecule has 0 fully saturated rings. The lowest BCUT2D eigenvalue weighted by atomic mass is 10.0. The minimum atomic E-state index is 0.475. The fourth-order valence-corrected chi connectivity index (χ4v) is 1.37. The Morgan fingerprint density at radius 3 is 2.54 bits per heavy atom. The van der Waals surface area contributed by atoms with E-state index in [9.17, 15) is 0 Å². The van der Waals surface area contributed by atoms with E-state index in [0.29, 0.717) is 6.04 Å². The summed E-state index contributed by atoms with van der Waals surface area (Å²) in [7, 11) is 0. The second kappa shape index (κ2) is 8.27. The standard InChI is InChI=1S/C11H24N2/c1-4-5-6-7-11(13-12)9-8-10(2)3/h11,13H,2,4-9,12H2,1,3H3. The zero-order valence-electron chi connectivity index (χ0n) is 9.10. The van der Waals surface area contributed by atoms with E-state index in [1.807, 2.05) is 0 Å². The molecule has 1 unspecified atom stereocenters. The Kier molecular flexibility index (Phi) is 8.05. The Morgan fingerprint density at radius 2 is 2.08 bits per heavy atom. The summed E-state index contributed by atoms with van der Waals surface area (Å²) in [6.45, 7) is 8.18. The third-order valence-electron chi connectivity index (χ3n) is 2.31. The molecule has 2 nitrogen and oxygen atoms in total. The predicted molar refractivity (Wildman–Crippen MR) is 59.3 cm³/mol. The van der Waals surface area contributed by atoms with Gasteiger partial charge in [-0.1, -0.05) is 31.8 Å². The molecule has 0 aliphatic rings. The number of allylic oxidation sites excluding steroid dienone is 1. The first-order chi connectivity index (χ1) is 6.20. The molecular weight excluding hydrogens is 160 g/mol. The normalized spacial score (nSPS) is 12.8. The number of nitrogens with one attached hydrogen (secondary N) is 1. The first-order valence-corrected chi connectivity index (χ1v) is 5.31. The third kappa shape index (κ3) is 8.00. The summed E-state index contributed by atoms with van der Waals surface area (Å²) < 4.78 is 0. The van der Waals surface area contributed by atoms with Gasteiger partial charge in [0.05, 0.1) is 0 Å². The first kappa shape index (κ1) is 12.7. The van der Waals surface area contributed by atoms with E-state index < -0.39 is 0 Å². The van der Waals surface area contributed by atoms with Gasteiger partial charge in [0, 0.05) is 6.04 Å². The van der Waals surface area contributed by atoms with Crippen LogP contribution in [-0.4, -0.2) is 6.04 Å². The fraction of sp³-hybridized carbons (Fsp3) is 0.818. The second-order valence-corrected chi connectivity index (χ2v) is 3.86. The van der Waals surface area contributed by atoms with Gasteiger partial charge in [-0.25, -0.2) is 0 Å². The topological polar surface area (TPSA) is 38.0 Å². The number of hydrogen-bond acceptors (Lipinski definition) is 2. The Morgan fingerprint density at radius 1 is 1.38 bits per heavy atom. The molecule has 0 aliphatic heterocycles. The van der Waals surface area contributed by atoms with Crippen LogP contribution in [0.2, 0.25) is 0 Å². The van der Waals surface area contributed by atoms with Crippen molar-refractivity contribution < 1.29 is 0 Å². The van der Waals surface area contributed by atoms with Gasteiger partial charge < -0.3 is 0 Å². The summed E-state index contributed by atoms with van der Waals surface area (Å²) in [5.74, 6) is 5.46. The Balaban J connectivity index is 3.45. The average Bonchev–Trinajstić information content (AvgIpc) is 2.10. The molecule has 0 bridgehead atoms. The van der Waals surface area contributed by atoms with Crippen LogP contribution in [-0.2, 0) is 0 Å². The highest BCUT2D eigenvalue weighted by Crippen LogP contribution is 2.10. The van der Waals surface area contributed by atoms with Crippen LogP contribution in [0.1, 0.15) is 52.4 Å². The SMILES string of the molecule is C=C(C)CCC(CCCCC)NN. The molecule has 0 aliphatic carbocycles. The lowest BCUT2D eigenvalue weighted by Crippen LogP contribution is -2.35. The number of hydrogen-bond donors (Lipinski definition) is 2. The zero-order valence-corrected chi connectivity index (χ0v) is 9.10. The molecule has 0 saturated heterocycles. The molecule has 0 saturated carbocycles. The van der Waals surface area contributed by atoms with Gasteiger partial charge in [-0.15, -0.1) is 6.58 Å². The second-order valence-electron chi connectivity index (χ2n) is 3.86. The maximum absolute atomic E-state index is 5.46. The van der Waals surface area contributed by atoms with Crippen LogP contribution >= 0.6 is 0 Å². The minimum absolute atomic E-state index is 0.475. The van der Waals surface area contributed by atoms with E-state index >= 15 is 0 Å². The summed E-state index contributed by atoms with van der Waals surface area (Å²) in [4.78, 5) is 0. The zero-order chi connectivity index (χ0) is 10.1. The largest absolute Gasteiger partial charge is 0.271 e. The summed E-state index contributed by atoms with van der Waals surface area (Å²) in [5.41, 5.74) is 4.12. The lowest BCUT2D eigenvalue weighted by Gasteiger charge is -2.15. The lowest BCUT2D eigenvalue weighted by molar-refractivity contribution is 0.443. The van der Waals surface area contributed by atoms with Crippen molar-refractivity contribution in [2.45, 2.75) is 58.4 Å². The number of hydrazine groups is 1. The van der Waals surface area contributed by atoms with Gasteiger partial charge in [-0.2, -0.15) is 0 Å². The summed E-state index contributed by atoms with van der Waals surface area (Å²) in [6, 6.07) is 0.475. The van der Waals surface area contributed by atoms with Crippen molar-refractivity contribution in [2.24, 2.45) is 5.84 Å². The Bertz CT molecular complexity index is 132. The third-order valence-corrected chi connectivity index (χ3v) is 2.31. The van der Waals surface area contributed by atoms with Crippen LogP contribution in [0, 0.1) is 0 Å². The van der Waals surface area contributed by atoms with Crippen LogP contribution < -0.4 is 11.3 Å². The van der Waals surface area contributed by atoms with Gasteiger partial charge in [0.15, 0.2) is 0 Å². The van der Waals surface area contributed by atoms with Gasteiger partial charge in [0.25, 0.3) is 0 Å². The van der Waals surface area contributed by atoms with E-state index in [0.717, 1.165) is 12.8 Å². The van der Waals surface area contributed by atoms with E-state index in [1.54, 1.807) is 0 Å². The molecule has 2 heteroatoms. The van der Waals surface area contributed by atoms with Crippen LogP contribution in [0.4, 0.5) is 0 Å². The predicted octanol–water partition coefficient (Wildman–Crippen LogP) is 2.75. The van der Waals surface area contributed by atoms with Gasteiger partial charge in [-0.05, 0) is 26.2 Å². The smallest absolute Gasteiger partial charge is 0.0213 e.